The van der Waals surface area contributed by atoms with Gasteiger partial charge in [0.25, 0.3) is 0 Å². The lowest BCUT2D eigenvalue weighted by Gasteiger charge is -2.25. The van der Waals surface area contributed by atoms with Crippen LogP contribution < -0.4 is 5.09 Å². The Bertz CT molecular complexity index is 892. The third kappa shape index (κ3) is 5.53. The van der Waals surface area contributed by atoms with Gasteiger partial charge in [-0.25, -0.2) is 14.0 Å². The zero-order valence-corrected chi connectivity index (χ0v) is 16.3. The van der Waals surface area contributed by atoms with E-state index in [9.17, 15) is 19.5 Å². The summed E-state index contributed by atoms with van der Waals surface area (Å²) in [5.41, 5.74) is 0.777. The monoisotopic (exact) mass is 409 g/mol. The van der Waals surface area contributed by atoms with Crippen molar-refractivity contribution in [3.63, 3.8) is 0 Å². The molecule has 2 aromatic rings. The van der Waals surface area contributed by atoms with Crippen molar-refractivity contribution in [2.45, 2.75) is 6.61 Å². The van der Waals surface area contributed by atoms with E-state index in [1.54, 1.807) is 26.2 Å². The molecule has 0 aliphatic heterocycles. The molecule has 1 heterocycles. The summed E-state index contributed by atoms with van der Waals surface area (Å²) in [4.78, 5) is 21.8. The highest BCUT2D eigenvalue weighted by atomic mass is 31.2. The number of carbonyl (C=O) groups is 1. The van der Waals surface area contributed by atoms with E-state index < -0.39 is 24.4 Å². The zero-order chi connectivity index (χ0) is 20.7. The van der Waals surface area contributed by atoms with E-state index in [1.165, 1.54) is 35.0 Å². The van der Waals surface area contributed by atoms with E-state index in [4.69, 9.17) is 13.7 Å². The number of nitro groups is 1. The fourth-order valence-electron chi connectivity index (χ4n) is 2.00. The van der Waals surface area contributed by atoms with E-state index in [1.807, 2.05) is 0 Å². The van der Waals surface area contributed by atoms with Crippen molar-refractivity contribution in [3.8, 4) is 0 Å². The van der Waals surface area contributed by atoms with E-state index in [0.717, 1.165) is 0 Å². The van der Waals surface area contributed by atoms with Gasteiger partial charge in [-0.15, -0.1) is 0 Å². The van der Waals surface area contributed by atoms with Gasteiger partial charge in [0, 0.05) is 5.69 Å². The number of anilines is 1. The smallest absolute Gasteiger partial charge is 0.433 e. The number of hydrogen-bond donors (Lipinski definition) is 1. The maximum atomic E-state index is 13.1. The minimum Gasteiger partial charge on any atom is -0.458 e. The molecule has 1 aromatic carbocycles. The van der Waals surface area contributed by atoms with Crippen LogP contribution in [0.2, 0.25) is 0 Å². The summed E-state index contributed by atoms with van der Waals surface area (Å²) >= 11 is 0. The molecule has 1 aromatic heterocycles. The number of benzene rings is 1. The van der Waals surface area contributed by atoms with Gasteiger partial charge in [-0.3, -0.25) is 14.6 Å². The summed E-state index contributed by atoms with van der Waals surface area (Å²) < 4.78 is 29.8. The summed E-state index contributed by atoms with van der Waals surface area (Å²) in [5.74, 6) is -0.765. The number of rotatable bonds is 10. The molecule has 0 aliphatic carbocycles. The first-order valence-corrected chi connectivity index (χ1v) is 9.65. The predicted octanol–water partition coefficient (Wildman–Crippen LogP) is 3.83. The molecule has 0 bridgehead atoms. The molecule has 0 spiro atoms. The Morgan fingerprint density at radius 3 is 2.54 bits per heavy atom. The second-order valence-corrected chi connectivity index (χ2v) is 8.04. The van der Waals surface area contributed by atoms with Crippen LogP contribution in [0.5, 0.6) is 0 Å². The second-order valence-electron chi connectivity index (χ2n) is 5.71. The molecule has 0 aliphatic rings. The van der Waals surface area contributed by atoms with Crippen LogP contribution in [-0.4, -0.2) is 36.3 Å². The number of furan rings is 1. The first-order valence-electron chi connectivity index (χ1n) is 8.07. The minimum atomic E-state index is -3.53. The molecule has 0 amide bonds. The van der Waals surface area contributed by atoms with Crippen LogP contribution in [0.3, 0.4) is 0 Å². The highest BCUT2D eigenvalue weighted by molar-refractivity contribution is 7.58. The molecule has 0 saturated heterocycles. The Balaban J connectivity index is 2.06. The quantitative estimate of drug-likeness (QED) is 0.205. The molecule has 0 saturated carbocycles. The van der Waals surface area contributed by atoms with Crippen molar-refractivity contribution in [1.29, 1.82) is 0 Å². The fourth-order valence-corrected chi connectivity index (χ4v) is 3.28. The zero-order valence-electron chi connectivity index (χ0n) is 15.4. The first-order chi connectivity index (χ1) is 13.2. The molecular weight excluding hydrogens is 389 g/mol. The molecule has 0 radical (unpaired) electrons. The van der Waals surface area contributed by atoms with Gasteiger partial charge in [-0.2, -0.15) is 0 Å². The summed E-state index contributed by atoms with van der Waals surface area (Å²) in [6.45, 7) is 3.34. The maximum Gasteiger partial charge on any atom is 0.433 e. The Morgan fingerprint density at radius 1 is 1.32 bits per heavy atom. The largest absolute Gasteiger partial charge is 0.458 e. The molecule has 1 atom stereocenters. The van der Waals surface area contributed by atoms with Crippen molar-refractivity contribution in [3.05, 3.63) is 70.5 Å². The second kappa shape index (κ2) is 9.32. The predicted molar refractivity (Wildman–Crippen MR) is 102 cm³/mol. The van der Waals surface area contributed by atoms with Gasteiger partial charge in [-0.05, 0) is 44.4 Å². The molecule has 2 rings (SSSR count). The SMILES string of the molecule is C=CCOC(=O)c1ccc(NP(=O)(OCc2ccc([N+](=O)[O-])o2)N(C)C)cc1. The van der Waals surface area contributed by atoms with E-state index in [2.05, 4.69) is 11.7 Å². The molecule has 1 unspecified atom stereocenters. The van der Waals surface area contributed by atoms with Gasteiger partial charge in [0.05, 0.1) is 11.6 Å². The standard InChI is InChI=1S/C17H20N3O7P/c1-4-11-25-17(21)13-5-7-14(8-6-13)18-28(24,19(2)3)26-12-15-9-10-16(27-15)20(22)23/h4-10H,1,11-12H2,2-3H3,(H,18,24). The van der Waals surface area contributed by atoms with Gasteiger partial charge in [0.1, 0.15) is 23.9 Å². The van der Waals surface area contributed by atoms with Crippen molar-refractivity contribution < 1.29 is 28.0 Å². The lowest BCUT2D eigenvalue weighted by Crippen LogP contribution is -2.17. The Labute approximate surface area is 161 Å². The van der Waals surface area contributed by atoms with E-state index in [0.29, 0.717) is 11.3 Å². The minimum absolute atomic E-state index is 0.105. The van der Waals surface area contributed by atoms with Gasteiger partial charge in [-0.1, -0.05) is 12.7 Å². The van der Waals surface area contributed by atoms with Gasteiger partial charge >= 0.3 is 19.5 Å². The molecule has 10 nitrogen and oxygen atoms in total. The maximum absolute atomic E-state index is 13.1. The van der Waals surface area contributed by atoms with Crippen molar-refractivity contribution in [2.24, 2.45) is 0 Å². The Kier molecular flexibility index (Phi) is 7.11. The molecule has 28 heavy (non-hydrogen) atoms. The summed E-state index contributed by atoms with van der Waals surface area (Å²) in [6.07, 6.45) is 1.46. The first kappa shape index (κ1) is 21.4. The average Bonchev–Trinajstić information content (AvgIpc) is 3.14. The normalized spacial score (nSPS) is 13.0. The van der Waals surface area contributed by atoms with Crippen molar-refractivity contribution in [2.75, 3.05) is 25.8 Å². The van der Waals surface area contributed by atoms with Crippen LogP contribution in [0.25, 0.3) is 0 Å². The number of ether oxygens (including phenoxy) is 1. The van der Waals surface area contributed by atoms with Gasteiger partial charge in [0.2, 0.25) is 0 Å². The topological polar surface area (TPSA) is 124 Å². The number of nitrogens with zero attached hydrogens (tertiary/aromatic N) is 2. The third-order valence-corrected chi connectivity index (χ3v) is 5.53. The number of esters is 1. The molecule has 1 N–H and O–H groups in total. The Hall–Kier alpha value is -2.94. The van der Waals surface area contributed by atoms with Crippen LogP contribution in [0.15, 0.2) is 53.5 Å². The molecular formula is C17H20N3O7P. The van der Waals surface area contributed by atoms with Crippen molar-refractivity contribution >= 4 is 25.2 Å². The summed E-state index contributed by atoms with van der Waals surface area (Å²) in [5, 5.41) is 13.4. The lowest BCUT2D eigenvalue weighted by molar-refractivity contribution is -0.402. The van der Waals surface area contributed by atoms with Gasteiger partial charge in [0.15, 0.2) is 0 Å². The molecule has 0 fully saturated rings. The molecule has 150 valence electrons. The third-order valence-electron chi connectivity index (χ3n) is 3.46. The van der Waals surface area contributed by atoms with Crippen LogP contribution >= 0.6 is 7.67 Å². The average molecular weight is 409 g/mol. The van der Waals surface area contributed by atoms with Crippen LogP contribution in [0, 0.1) is 10.1 Å². The fraction of sp³-hybridized carbons (Fsp3) is 0.235. The highest BCUT2D eigenvalue weighted by Gasteiger charge is 2.28. The number of hydrogen-bond acceptors (Lipinski definition) is 7. The summed E-state index contributed by atoms with van der Waals surface area (Å²) in [6, 6.07) is 8.72. The van der Waals surface area contributed by atoms with Crippen molar-refractivity contribution in [1.82, 2.24) is 4.67 Å². The number of nitrogens with one attached hydrogen (secondary N) is 1. The van der Waals surface area contributed by atoms with E-state index >= 15 is 0 Å². The van der Waals surface area contributed by atoms with Crippen LogP contribution in [0.1, 0.15) is 16.1 Å². The van der Waals surface area contributed by atoms with Crippen LogP contribution in [-0.2, 0) is 20.4 Å². The highest BCUT2D eigenvalue weighted by Crippen LogP contribution is 2.49. The van der Waals surface area contributed by atoms with E-state index in [-0.39, 0.29) is 19.0 Å². The van der Waals surface area contributed by atoms with Crippen LogP contribution in [0.4, 0.5) is 11.6 Å². The molecule has 11 heteroatoms. The Morgan fingerprint density at radius 2 is 2.00 bits per heavy atom. The number of carbonyl (C=O) groups excluding carboxylic acids is 1. The summed E-state index contributed by atoms with van der Waals surface area (Å²) in [7, 11) is -0.416. The lowest BCUT2D eigenvalue weighted by atomic mass is 10.2. The van der Waals surface area contributed by atoms with Gasteiger partial charge < -0.3 is 14.2 Å².